The molecule has 3 aromatic rings. The van der Waals surface area contributed by atoms with Crippen molar-refractivity contribution in [1.29, 1.82) is 5.26 Å². The number of anilines is 1. The first kappa shape index (κ1) is 28.1. The molecule has 214 valence electrons. The maximum absolute atomic E-state index is 14.3. The van der Waals surface area contributed by atoms with Crippen LogP contribution >= 0.6 is 0 Å². The number of amides is 3. The van der Waals surface area contributed by atoms with Crippen LogP contribution in [0.5, 0.6) is 5.75 Å². The summed E-state index contributed by atoms with van der Waals surface area (Å²) < 4.78 is 30.5. The van der Waals surface area contributed by atoms with E-state index >= 15 is 0 Å². The first-order valence-electron chi connectivity index (χ1n) is 13.4. The molecule has 0 radical (unpaired) electrons. The van der Waals surface area contributed by atoms with Crippen molar-refractivity contribution < 1.29 is 27.9 Å². The quantitative estimate of drug-likeness (QED) is 0.438. The summed E-state index contributed by atoms with van der Waals surface area (Å²) in [7, 11) is 1.51. The van der Waals surface area contributed by atoms with E-state index in [1.165, 1.54) is 35.0 Å². The smallest absolute Gasteiger partial charge is 0.387 e. The van der Waals surface area contributed by atoms with Gasteiger partial charge in [0.15, 0.2) is 0 Å². The number of carbonyl (C=O) groups excluding carboxylic acids is 3. The summed E-state index contributed by atoms with van der Waals surface area (Å²) in [4.78, 5) is 47.0. The molecular formula is C30H31F2N5O4. The molecule has 1 fully saturated rings. The van der Waals surface area contributed by atoms with Gasteiger partial charge in [0.1, 0.15) is 23.5 Å². The van der Waals surface area contributed by atoms with Crippen LogP contribution in [0.3, 0.4) is 0 Å². The summed E-state index contributed by atoms with van der Waals surface area (Å²) in [5.74, 6) is -1.62. The largest absolute Gasteiger partial charge is 0.434 e. The number of hydrogen-bond donors (Lipinski definition) is 2. The van der Waals surface area contributed by atoms with Gasteiger partial charge in [0.05, 0.1) is 11.5 Å². The van der Waals surface area contributed by atoms with Crippen LogP contribution in [-0.4, -0.2) is 64.8 Å². The van der Waals surface area contributed by atoms with Gasteiger partial charge in [-0.2, -0.15) is 14.0 Å². The van der Waals surface area contributed by atoms with E-state index in [1.54, 1.807) is 12.1 Å². The fourth-order valence-electron chi connectivity index (χ4n) is 6.02. The van der Waals surface area contributed by atoms with E-state index < -0.39 is 35.9 Å². The molecule has 0 aliphatic carbocycles. The summed E-state index contributed by atoms with van der Waals surface area (Å²) in [5, 5.41) is 13.3. The second kappa shape index (κ2) is 10.5. The predicted octanol–water partition coefficient (Wildman–Crippen LogP) is 4.52. The fourth-order valence-corrected chi connectivity index (χ4v) is 6.02. The Labute approximate surface area is 236 Å². The number of nitrogens with one attached hydrogen (secondary N) is 2. The van der Waals surface area contributed by atoms with Crippen molar-refractivity contribution in [3.63, 3.8) is 0 Å². The number of aromatic amines is 1. The number of aromatic nitrogens is 1. The molecule has 11 heteroatoms. The van der Waals surface area contributed by atoms with Crippen LogP contribution in [0.1, 0.15) is 43.2 Å². The first-order valence-corrected chi connectivity index (χ1v) is 13.4. The molecule has 2 aliphatic rings. The summed E-state index contributed by atoms with van der Waals surface area (Å²) in [5.41, 5.74) is 0.881. The number of likely N-dealkylation sites (tertiary alicyclic amines) is 1. The summed E-state index contributed by atoms with van der Waals surface area (Å²) in [6.07, 6.45) is 0.146. The van der Waals surface area contributed by atoms with Crippen LogP contribution in [-0.2, 0) is 15.0 Å². The highest BCUT2D eigenvalue weighted by Gasteiger charge is 2.57. The molecular weight excluding hydrogens is 532 g/mol. The van der Waals surface area contributed by atoms with E-state index in [0.29, 0.717) is 16.6 Å². The zero-order valence-corrected chi connectivity index (χ0v) is 23.2. The minimum atomic E-state index is -3.03. The average Bonchev–Trinajstić information content (AvgIpc) is 3.63. The van der Waals surface area contributed by atoms with Crippen molar-refractivity contribution >= 4 is 34.3 Å². The van der Waals surface area contributed by atoms with Gasteiger partial charge in [-0.15, -0.1) is 0 Å². The lowest BCUT2D eigenvalue weighted by Crippen LogP contribution is -2.55. The number of carbonyl (C=O) groups is 3. The van der Waals surface area contributed by atoms with E-state index in [4.69, 9.17) is 0 Å². The number of nitriles is 1. The van der Waals surface area contributed by atoms with Gasteiger partial charge in [0, 0.05) is 36.6 Å². The van der Waals surface area contributed by atoms with Gasteiger partial charge in [-0.25, -0.2) is 0 Å². The third-order valence-electron chi connectivity index (χ3n) is 8.53. The molecule has 0 unspecified atom stereocenters. The van der Waals surface area contributed by atoms with Gasteiger partial charge in [0.25, 0.3) is 5.91 Å². The SMILES string of the molecule is CC(C)[C@@H](C)[C@@H](C(=O)N1C[C@]2(C[C@H]1C#N)C(=O)Nc1ccccc12)N(C)C(=O)c1cc2c(OC(F)F)cccc2[nH]1. The molecule has 41 heavy (non-hydrogen) atoms. The highest BCUT2D eigenvalue weighted by molar-refractivity contribution is 6.07. The molecule has 3 amide bonds. The highest BCUT2D eigenvalue weighted by Crippen LogP contribution is 2.46. The maximum Gasteiger partial charge on any atom is 0.387 e. The second-order valence-corrected chi connectivity index (χ2v) is 11.1. The van der Waals surface area contributed by atoms with E-state index in [0.717, 1.165) is 5.56 Å². The number of alkyl halides is 2. The second-order valence-electron chi connectivity index (χ2n) is 11.1. The minimum Gasteiger partial charge on any atom is -0.434 e. The molecule has 2 aliphatic heterocycles. The highest BCUT2D eigenvalue weighted by atomic mass is 19.3. The van der Waals surface area contributed by atoms with Gasteiger partial charge in [-0.1, -0.05) is 45.0 Å². The number of H-pyrrole nitrogens is 1. The third-order valence-corrected chi connectivity index (χ3v) is 8.53. The van der Waals surface area contributed by atoms with Gasteiger partial charge in [-0.3, -0.25) is 14.4 Å². The maximum atomic E-state index is 14.3. The summed E-state index contributed by atoms with van der Waals surface area (Å²) in [6, 6.07) is 13.6. The van der Waals surface area contributed by atoms with Crippen molar-refractivity contribution in [2.45, 2.75) is 51.3 Å². The number of ether oxygens (including phenoxy) is 1. The summed E-state index contributed by atoms with van der Waals surface area (Å²) in [6.45, 7) is 2.72. The van der Waals surface area contributed by atoms with Crippen molar-refractivity contribution in [1.82, 2.24) is 14.8 Å². The lowest BCUT2D eigenvalue weighted by atomic mass is 9.80. The number of likely N-dealkylation sites (N-methyl/N-ethyl adjacent to an activating group) is 1. The van der Waals surface area contributed by atoms with Crippen LogP contribution in [0, 0.1) is 23.2 Å². The molecule has 1 saturated heterocycles. The van der Waals surface area contributed by atoms with Crippen LogP contribution in [0.2, 0.25) is 0 Å². The molecule has 4 atom stereocenters. The van der Waals surface area contributed by atoms with E-state index in [9.17, 15) is 28.4 Å². The number of halogens is 2. The Bertz CT molecular complexity index is 1560. The van der Waals surface area contributed by atoms with E-state index in [2.05, 4.69) is 21.1 Å². The molecule has 0 bridgehead atoms. The lowest BCUT2D eigenvalue weighted by Gasteiger charge is -2.37. The average molecular weight is 564 g/mol. The topological polar surface area (TPSA) is 119 Å². The van der Waals surface area contributed by atoms with Gasteiger partial charge >= 0.3 is 6.61 Å². The Hall–Kier alpha value is -4.46. The van der Waals surface area contributed by atoms with Gasteiger partial charge < -0.3 is 24.8 Å². The number of para-hydroxylation sites is 1. The molecule has 9 nitrogen and oxygen atoms in total. The standard InChI is InChI=1S/C30H31F2N5O4/c1-16(2)17(3)25(36(4)26(38)23-12-19-21(34-23)10-7-11-24(19)41-29(31)32)27(39)37-15-30(13-18(37)14-33)20-8-5-6-9-22(20)35-28(30)40/h5-12,16-18,25,29,34H,13,15H2,1-4H3,(H,35,40)/t17-,18+,25+,30+/m1/s1. The molecule has 3 heterocycles. The Morgan fingerprint density at radius 1 is 1.17 bits per heavy atom. The fraction of sp³-hybridized carbons (Fsp3) is 0.400. The van der Waals surface area contributed by atoms with Crippen LogP contribution < -0.4 is 10.1 Å². The Kier molecular flexibility index (Phi) is 7.19. The Balaban J connectivity index is 1.48. The van der Waals surface area contributed by atoms with Crippen LogP contribution in [0.15, 0.2) is 48.5 Å². The number of hydrogen-bond acceptors (Lipinski definition) is 5. The number of benzene rings is 2. The molecule has 2 aromatic carbocycles. The number of rotatable bonds is 7. The summed E-state index contributed by atoms with van der Waals surface area (Å²) >= 11 is 0. The zero-order chi connectivity index (χ0) is 29.6. The van der Waals surface area contributed by atoms with Crippen LogP contribution in [0.4, 0.5) is 14.5 Å². The van der Waals surface area contributed by atoms with Crippen molar-refractivity contribution in [2.24, 2.45) is 11.8 Å². The molecule has 1 aromatic heterocycles. The third kappa shape index (κ3) is 4.67. The molecule has 2 N–H and O–H groups in total. The van der Waals surface area contributed by atoms with Crippen molar-refractivity contribution in [3.05, 3.63) is 59.8 Å². The zero-order valence-electron chi connectivity index (χ0n) is 23.2. The van der Waals surface area contributed by atoms with Crippen molar-refractivity contribution in [3.8, 4) is 11.8 Å². The first-order chi connectivity index (χ1) is 19.5. The molecule has 1 spiro atoms. The van der Waals surface area contributed by atoms with E-state index in [-0.39, 0.29) is 42.2 Å². The molecule has 0 saturated carbocycles. The number of fused-ring (bicyclic) bond motifs is 3. The van der Waals surface area contributed by atoms with Crippen molar-refractivity contribution in [2.75, 3.05) is 18.9 Å². The van der Waals surface area contributed by atoms with Gasteiger partial charge in [-0.05, 0) is 41.7 Å². The monoisotopic (exact) mass is 563 g/mol. The van der Waals surface area contributed by atoms with Gasteiger partial charge in [0.2, 0.25) is 11.8 Å². The lowest BCUT2D eigenvalue weighted by molar-refractivity contribution is -0.138. The Morgan fingerprint density at radius 3 is 2.59 bits per heavy atom. The molecule has 5 rings (SSSR count). The minimum absolute atomic E-state index is 0.0109. The predicted molar refractivity (Wildman–Crippen MR) is 147 cm³/mol. The Morgan fingerprint density at radius 2 is 1.90 bits per heavy atom. The van der Waals surface area contributed by atoms with Crippen LogP contribution in [0.25, 0.3) is 10.9 Å². The number of nitrogens with zero attached hydrogens (tertiary/aromatic N) is 3. The normalized spacial score (nSPS) is 21.2. The van der Waals surface area contributed by atoms with E-state index in [1.807, 2.05) is 39.0 Å².